The number of hydrogen-bond donors (Lipinski definition) is 1. The quantitative estimate of drug-likeness (QED) is 0.566. The van der Waals surface area contributed by atoms with Crippen LogP contribution in [0.1, 0.15) is 11.3 Å². The highest BCUT2D eigenvalue weighted by atomic mass is 16.6. The predicted molar refractivity (Wildman–Crippen MR) is 84.9 cm³/mol. The van der Waals surface area contributed by atoms with E-state index in [0.29, 0.717) is 6.54 Å². The predicted octanol–water partition coefficient (Wildman–Crippen LogP) is 3.13. The number of nitrogens with one attached hydrogen (secondary N) is 1. The minimum absolute atomic E-state index is 0.0209. The standard InChI is InChI=1S/C16H11N5O3/c17-8-13-16(19-10-11-4-3-7-18-9-11)24-15(20-13)12-5-1-2-6-14(12)21(22)23/h1-7,9,19H,10H2. The van der Waals surface area contributed by atoms with Gasteiger partial charge in [-0.15, -0.1) is 0 Å². The maximum atomic E-state index is 11.1. The van der Waals surface area contributed by atoms with Crippen molar-refractivity contribution in [2.75, 3.05) is 5.32 Å². The van der Waals surface area contributed by atoms with Gasteiger partial charge in [0.1, 0.15) is 11.6 Å². The molecule has 0 saturated heterocycles. The summed E-state index contributed by atoms with van der Waals surface area (Å²) in [7, 11) is 0. The summed E-state index contributed by atoms with van der Waals surface area (Å²) in [5.74, 6) is 0.182. The third-order valence-electron chi connectivity index (χ3n) is 3.24. The summed E-state index contributed by atoms with van der Waals surface area (Å²) in [5.41, 5.74) is 1.01. The number of hydrogen-bond acceptors (Lipinski definition) is 7. The van der Waals surface area contributed by atoms with Gasteiger partial charge in [-0.25, -0.2) is 0 Å². The first-order valence-corrected chi connectivity index (χ1v) is 6.96. The molecule has 0 fully saturated rings. The summed E-state index contributed by atoms with van der Waals surface area (Å²) in [6, 6.07) is 11.6. The Morgan fingerprint density at radius 1 is 1.29 bits per heavy atom. The topological polar surface area (TPSA) is 118 Å². The molecule has 8 heteroatoms. The van der Waals surface area contributed by atoms with Gasteiger partial charge in [0.05, 0.1) is 4.92 Å². The van der Waals surface area contributed by atoms with Crippen molar-refractivity contribution < 1.29 is 9.34 Å². The first kappa shape index (κ1) is 15.2. The fraction of sp³-hybridized carbons (Fsp3) is 0.0625. The molecule has 2 heterocycles. The van der Waals surface area contributed by atoms with Crippen molar-refractivity contribution in [3.05, 3.63) is 70.2 Å². The Kier molecular flexibility index (Phi) is 4.16. The van der Waals surface area contributed by atoms with E-state index in [2.05, 4.69) is 15.3 Å². The van der Waals surface area contributed by atoms with Crippen molar-refractivity contribution >= 4 is 11.6 Å². The molecule has 0 spiro atoms. The Balaban J connectivity index is 1.91. The highest BCUT2D eigenvalue weighted by Crippen LogP contribution is 2.32. The third-order valence-corrected chi connectivity index (χ3v) is 3.24. The maximum absolute atomic E-state index is 11.1. The lowest BCUT2D eigenvalue weighted by Crippen LogP contribution is -2.00. The SMILES string of the molecule is N#Cc1nc(-c2ccccc2[N+](=O)[O-])oc1NCc1cccnc1. The first-order valence-electron chi connectivity index (χ1n) is 6.96. The van der Waals surface area contributed by atoms with Crippen LogP contribution in [0.2, 0.25) is 0 Å². The van der Waals surface area contributed by atoms with Crippen molar-refractivity contribution in [2.24, 2.45) is 0 Å². The molecule has 0 bridgehead atoms. The van der Waals surface area contributed by atoms with Gasteiger partial charge in [0.15, 0.2) is 0 Å². The van der Waals surface area contributed by atoms with E-state index in [9.17, 15) is 15.4 Å². The second kappa shape index (κ2) is 6.58. The molecule has 8 nitrogen and oxygen atoms in total. The number of nitrogens with zero attached hydrogens (tertiary/aromatic N) is 4. The number of aromatic nitrogens is 2. The molecule has 3 aromatic rings. The van der Waals surface area contributed by atoms with Crippen molar-refractivity contribution in [2.45, 2.75) is 6.54 Å². The van der Waals surface area contributed by atoms with Gasteiger partial charge in [-0.2, -0.15) is 10.2 Å². The average molecular weight is 321 g/mol. The minimum atomic E-state index is -0.520. The molecule has 0 unspecified atom stereocenters. The molecule has 118 valence electrons. The molecule has 0 radical (unpaired) electrons. The van der Waals surface area contributed by atoms with Crippen LogP contribution in [-0.4, -0.2) is 14.9 Å². The van der Waals surface area contributed by atoms with Crippen LogP contribution in [0.5, 0.6) is 0 Å². The van der Waals surface area contributed by atoms with Gasteiger partial charge in [0, 0.05) is 25.0 Å². The molecule has 1 aromatic carbocycles. The van der Waals surface area contributed by atoms with Gasteiger partial charge in [-0.05, 0) is 17.7 Å². The summed E-state index contributed by atoms with van der Waals surface area (Å²) in [6.07, 6.45) is 3.34. The number of para-hydroxylation sites is 1. The van der Waals surface area contributed by atoms with Gasteiger partial charge >= 0.3 is 0 Å². The Bertz CT molecular complexity index is 915. The van der Waals surface area contributed by atoms with Crippen LogP contribution in [0.4, 0.5) is 11.6 Å². The van der Waals surface area contributed by atoms with Crippen LogP contribution in [0.15, 0.2) is 53.2 Å². The smallest absolute Gasteiger partial charge is 0.282 e. The average Bonchev–Trinajstić information content (AvgIpc) is 3.04. The second-order valence-electron chi connectivity index (χ2n) is 4.80. The van der Waals surface area contributed by atoms with Crippen LogP contribution in [0.3, 0.4) is 0 Å². The Morgan fingerprint density at radius 2 is 2.12 bits per heavy atom. The molecular formula is C16H11N5O3. The summed E-state index contributed by atoms with van der Waals surface area (Å²) in [5, 5.41) is 23.3. The summed E-state index contributed by atoms with van der Waals surface area (Å²) >= 11 is 0. The van der Waals surface area contributed by atoms with Crippen LogP contribution >= 0.6 is 0 Å². The largest absolute Gasteiger partial charge is 0.419 e. The first-order chi connectivity index (χ1) is 11.7. The van der Waals surface area contributed by atoms with E-state index in [4.69, 9.17) is 4.42 Å². The highest BCUT2D eigenvalue weighted by molar-refractivity contribution is 5.68. The summed E-state index contributed by atoms with van der Waals surface area (Å²) < 4.78 is 5.53. The van der Waals surface area contributed by atoms with E-state index in [0.717, 1.165) is 5.56 Å². The molecule has 0 amide bonds. The molecular weight excluding hydrogens is 310 g/mol. The number of nitriles is 1. The molecule has 1 N–H and O–H groups in total. The molecule has 3 rings (SSSR count). The lowest BCUT2D eigenvalue weighted by molar-refractivity contribution is -0.384. The van der Waals surface area contributed by atoms with Gasteiger partial charge in [-0.3, -0.25) is 15.1 Å². The molecule has 24 heavy (non-hydrogen) atoms. The molecule has 0 saturated carbocycles. The fourth-order valence-electron chi connectivity index (χ4n) is 2.13. The van der Waals surface area contributed by atoms with E-state index < -0.39 is 4.92 Å². The Hall–Kier alpha value is -3.73. The van der Waals surface area contributed by atoms with Gasteiger partial charge in [-0.1, -0.05) is 18.2 Å². The van der Waals surface area contributed by atoms with Gasteiger partial charge < -0.3 is 9.73 Å². The summed E-state index contributed by atoms with van der Waals surface area (Å²) in [4.78, 5) is 18.6. The van der Waals surface area contributed by atoms with Crippen molar-refractivity contribution in [3.8, 4) is 17.5 Å². The minimum Gasteiger partial charge on any atom is -0.419 e. The summed E-state index contributed by atoms with van der Waals surface area (Å²) in [6.45, 7) is 0.383. The number of anilines is 1. The zero-order chi connectivity index (χ0) is 16.9. The van der Waals surface area contributed by atoms with E-state index in [1.807, 2.05) is 12.1 Å². The number of benzene rings is 1. The van der Waals surface area contributed by atoms with E-state index in [1.165, 1.54) is 12.1 Å². The van der Waals surface area contributed by atoms with Crippen LogP contribution in [0, 0.1) is 21.4 Å². The van der Waals surface area contributed by atoms with Crippen LogP contribution in [-0.2, 0) is 6.54 Å². The van der Waals surface area contributed by atoms with Crippen LogP contribution in [0.25, 0.3) is 11.5 Å². The van der Waals surface area contributed by atoms with E-state index in [1.54, 1.807) is 30.6 Å². The van der Waals surface area contributed by atoms with E-state index in [-0.39, 0.29) is 28.7 Å². The maximum Gasteiger partial charge on any atom is 0.282 e. The fourth-order valence-corrected chi connectivity index (χ4v) is 2.13. The lowest BCUT2D eigenvalue weighted by Gasteiger charge is -2.02. The zero-order valence-electron chi connectivity index (χ0n) is 12.3. The van der Waals surface area contributed by atoms with Crippen molar-refractivity contribution in [1.82, 2.24) is 9.97 Å². The number of nitro groups is 1. The number of nitro benzene ring substituents is 1. The Morgan fingerprint density at radius 3 is 2.83 bits per heavy atom. The molecule has 0 atom stereocenters. The second-order valence-corrected chi connectivity index (χ2v) is 4.80. The zero-order valence-corrected chi connectivity index (χ0v) is 12.3. The van der Waals surface area contributed by atoms with Crippen molar-refractivity contribution in [1.29, 1.82) is 5.26 Å². The number of oxazole rings is 1. The van der Waals surface area contributed by atoms with Crippen molar-refractivity contribution in [3.63, 3.8) is 0 Å². The number of rotatable bonds is 5. The number of pyridine rings is 1. The van der Waals surface area contributed by atoms with Crippen LogP contribution < -0.4 is 5.32 Å². The monoisotopic (exact) mass is 321 g/mol. The molecule has 0 aliphatic carbocycles. The lowest BCUT2D eigenvalue weighted by atomic mass is 10.2. The van der Waals surface area contributed by atoms with Gasteiger partial charge in [0.2, 0.25) is 17.5 Å². The molecule has 0 aliphatic rings. The van der Waals surface area contributed by atoms with Gasteiger partial charge in [0.25, 0.3) is 5.69 Å². The Labute approximate surface area is 136 Å². The van der Waals surface area contributed by atoms with E-state index >= 15 is 0 Å². The third kappa shape index (κ3) is 3.05. The molecule has 0 aliphatic heterocycles. The normalized spacial score (nSPS) is 10.1. The molecule has 2 aromatic heterocycles. The highest BCUT2D eigenvalue weighted by Gasteiger charge is 2.21.